The molecule has 0 heterocycles. The average Bonchev–Trinajstić information content (AvgIpc) is 2.36. The molecule has 0 radical (unpaired) electrons. The number of benzene rings is 1. The van der Waals surface area contributed by atoms with E-state index in [0.29, 0.717) is 18.6 Å². The molecular formula is C14H18O5. The lowest BCUT2D eigenvalue weighted by molar-refractivity contribution is 0.0650. The number of allylic oxidation sites excluding steroid dienone is 1. The number of hydrogen-bond acceptors (Lipinski definition) is 3. The Morgan fingerprint density at radius 1 is 1.32 bits per heavy atom. The van der Waals surface area contributed by atoms with Crippen molar-refractivity contribution in [3.05, 3.63) is 47.5 Å². The zero-order valence-corrected chi connectivity index (χ0v) is 11.0. The largest absolute Gasteiger partial charge is 0.478 e. The fraction of sp³-hybridized carbons (Fsp3) is 0.286. The molecular weight excluding hydrogens is 248 g/mol. The highest BCUT2D eigenvalue weighted by atomic mass is 16.5. The molecule has 1 aromatic rings. The highest BCUT2D eigenvalue weighted by Gasteiger charge is 2.19. The summed E-state index contributed by atoms with van der Waals surface area (Å²) in [6, 6.07) is 4.40. The van der Waals surface area contributed by atoms with Crippen molar-refractivity contribution < 1.29 is 24.5 Å². The molecule has 0 unspecified atom stereocenters. The maximum atomic E-state index is 11.0. The van der Waals surface area contributed by atoms with Crippen molar-refractivity contribution in [2.45, 2.75) is 13.3 Å². The van der Waals surface area contributed by atoms with Gasteiger partial charge in [0.15, 0.2) is 0 Å². The Morgan fingerprint density at radius 2 is 1.89 bits per heavy atom. The molecule has 0 aliphatic heterocycles. The van der Waals surface area contributed by atoms with E-state index >= 15 is 0 Å². The minimum absolute atomic E-state index is 0.160. The molecule has 0 atom stereocenters. The van der Waals surface area contributed by atoms with Crippen LogP contribution in [0.2, 0.25) is 0 Å². The quantitative estimate of drug-likeness (QED) is 0.800. The SMILES string of the molecule is C=CC.COCCc1cccc(C(=O)O)c1C(=O)O. The molecule has 0 spiro atoms. The fourth-order valence-electron chi connectivity index (χ4n) is 1.45. The summed E-state index contributed by atoms with van der Waals surface area (Å²) in [5, 5.41) is 17.9. The molecule has 1 aromatic carbocycles. The van der Waals surface area contributed by atoms with E-state index in [4.69, 9.17) is 14.9 Å². The van der Waals surface area contributed by atoms with E-state index in [0.717, 1.165) is 0 Å². The van der Waals surface area contributed by atoms with Crippen molar-refractivity contribution in [2.24, 2.45) is 0 Å². The maximum Gasteiger partial charge on any atom is 0.336 e. The van der Waals surface area contributed by atoms with Gasteiger partial charge in [-0.2, -0.15) is 0 Å². The van der Waals surface area contributed by atoms with Crippen molar-refractivity contribution in [1.29, 1.82) is 0 Å². The first-order valence-corrected chi connectivity index (χ1v) is 5.64. The van der Waals surface area contributed by atoms with Gasteiger partial charge in [0.2, 0.25) is 0 Å². The van der Waals surface area contributed by atoms with Crippen LogP contribution in [0.4, 0.5) is 0 Å². The van der Waals surface area contributed by atoms with Crippen LogP contribution in [0, 0.1) is 0 Å². The molecule has 0 aromatic heterocycles. The van der Waals surface area contributed by atoms with Crippen molar-refractivity contribution >= 4 is 11.9 Å². The lowest BCUT2D eigenvalue weighted by atomic mass is 9.99. The minimum atomic E-state index is -1.24. The summed E-state index contributed by atoms with van der Waals surface area (Å²) < 4.78 is 4.84. The van der Waals surface area contributed by atoms with Gasteiger partial charge in [-0.15, -0.1) is 6.58 Å². The van der Waals surface area contributed by atoms with Crippen molar-refractivity contribution in [1.82, 2.24) is 0 Å². The summed E-state index contributed by atoms with van der Waals surface area (Å²) in [7, 11) is 1.50. The Labute approximate surface area is 112 Å². The van der Waals surface area contributed by atoms with Gasteiger partial charge in [-0.3, -0.25) is 0 Å². The molecule has 0 bridgehead atoms. The van der Waals surface area contributed by atoms with Crippen LogP contribution in [0.5, 0.6) is 0 Å². The van der Waals surface area contributed by atoms with Crippen LogP contribution >= 0.6 is 0 Å². The molecule has 0 amide bonds. The van der Waals surface area contributed by atoms with Crippen LogP contribution in [-0.2, 0) is 11.2 Å². The Hall–Kier alpha value is -2.14. The number of carbonyl (C=O) groups is 2. The number of aromatic carboxylic acids is 2. The average molecular weight is 266 g/mol. The van der Waals surface area contributed by atoms with E-state index in [1.54, 1.807) is 12.1 Å². The smallest absolute Gasteiger partial charge is 0.336 e. The van der Waals surface area contributed by atoms with Gasteiger partial charge in [-0.05, 0) is 25.0 Å². The third-order valence-electron chi connectivity index (χ3n) is 2.17. The van der Waals surface area contributed by atoms with Crippen LogP contribution in [-0.4, -0.2) is 35.9 Å². The van der Waals surface area contributed by atoms with E-state index in [9.17, 15) is 9.59 Å². The monoisotopic (exact) mass is 266 g/mol. The molecule has 19 heavy (non-hydrogen) atoms. The molecule has 0 aliphatic rings. The zero-order valence-electron chi connectivity index (χ0n) is 11.0. The minimum Gasteiger partial charge on any atom is -0.478 e. The van der Waals surface area contributed by atoms with Gasteiger partial charge < -0.3 is 14.9 Å². The van der Waals surface area contributed by atoms with Crippen molar-refractivity contribution in [2.75, 3.05) is 13.7 Å². The van der Waals surface area contributed by atoms with E-state index in [2.05, 4.69) is 6.58 Å². The highest BCUT2D eigenvalue weighted by molar-refractivity contribution is 6.02. The Bertz CT molecular complexity index is 451. The predicted octanol–water partition coefficient (Wildman–Crippen LogP) is 2.46. The molecule has 2 N–H and O–H groups in total. The summed E-state index contributed by atoms with van der Waals surface area (Å²) in [5.74, 6) is -2.47. The predicted molar refractivity (Wildman–Crippen MR) is 71.8 cm³/mol. The fourth-order valence-corrected chi connectivity index (χ4v) is 1.45. The molecule has 0 fully saturated rings. The zero-order chi connectivity index (χ0) is 14.8. The normalized spacial score (nSPS) is 9.16. The van der Waals surface area contributed by atoms with Gasteiger partial charge in [-0.25, -0.2) is 9.59 Å². The van der Waals surface area contributed by atoms with Gasteiger partial charge in [0, 0.05) is 7.11 Å². The Morgan fingerprint density at radius 3 is 2.32 bits per heavy atom. The van der Waals surface area contributed by atoms with Gasteiger partial charge in [-0.1, -0.05) is 18.2 Å². The number of methoxy groups -OCH3 is 1. The number of ether oxygens (including phenoxy) is 1. The summed E-state index contributed by atoms with van der Waals surface area (Å²) in [4.78, 5) is 21.9. The lowest BCUT2D eigenvalue weighted by Crippen LogP contribution is -2.12. The van der Waals surface area contributed by atoms with Crippen LogP contribution in [0.3, 0.4) is 0 Å². The first kappa shape index (κ1) is 16.9. The second-order valence-electron chi connectivity index (χ2n) is 3.60. The lowest BCUT2D eigenvalue weighted by Gasteiger charge is -2.08. The van der Waals surface area contributed by atoms with Crippen LogP contribution in [0.1, 0.15) is 33.2 Å². The van der Waals surface area contributed by atoms with Gasteiger partial charge in [0.25, 0.3) is 0 Å². The highest BCUT2D eigenvalue weighted by Crippen LogP contribution is 2.16. The summed E-state index contributed by atoms with van der Waals surface area (Å²) in [6.45, 7) is 5.60. The first-order chi connectivity index (χ1) is 8.99. The molecule has 5 heteroatoms. The van der Waals surface area contributed by atoms with E-state index in [-0.39, 0.29) is 11.1 Å². The van der Waals surface area contributed by atoms with E-state index < -0.39 is 11.9 Å². The molecule has 0 aliphatic carbocycles. The number of hydrogen-bond donors (Lipinski definition) is 2. The third-order valence-corrected chi connectivity index (χ3v) is 2.17. The van der Waals surface area contributed by atoms with Gasteiger partial charge in [0.05, 0.1) is 17.7 Å². The number of carboxylic acids is 2. The summed E-state index contributed by atoms with van der Waals surface area (Å²) in [6.07, 6.45) is 2.12. The third kappa shape index (κ3) is 5.35. The molecule has 1 rings (SSSR count). The first-order valence-electron chi connectivity index (χ1n) is 5.64. The van der Waals surface area contributed by atoms with Crippen LogP contribution in [0.25, 0.3) is 0 Å². The standard InChI is InChI=1S/C11H12O5.C3H6/c1-16-6-5-7-3-2-4-8(10(12)13)9(7)11(14)15;1-3-2/h2-4H,5-6H2,1H3,(H,12,13)(H,14,15);3H,1H2,2H3. The van der Waals surface area contributed by atoms with Gasteiger partial charge in [0.1, 0.15) is 0 Å². The summed E-state index contributed by atoms with van der Waals surface area (Å²) in [5.41, 5.74) is 0.113. The van der Waals surface area contributed by atoms with E-state index in [1.807, 2.05) is 6.92 Å². The van der Waals surface area contributed by atoms with E-state index in [1.165, 1.54) is 19.2 Å². The van der Waals surface area contributed by atoms with Crippen LogP contribution < -0.4 is 0 Å². The second-order valence-corrected chi connectivity index (χ2v) is 3.60. The number of carboxylic acid groups (broad SMARTS) is 2. The Balaban J connectivity index is 0.000000982. The molecule has 5 nitrogen and oxygen atoms in total. The Kier molecular flexibility index (Phi) is 7.88. The van der Waals surface area contributed by atoms with Crippen molar-refractivity contribution in [3.8, 4) is 0 Å². The second kappa shape index (κ2) is 8.88. The van der Waals surface area contributed by atoms with Gasteiger partial charge >= 0.3 is 11.9 Å². The maximum absolute atomic E-state index is 11.0. The summed E-state index contributed by atoms with van der Waals surface area (Å²) >= 11 is 0. The topological polar surface area (TPSA) is 83.8 Å². The van der Waals surface area contributed by atoms with Crippen LogP contribution in [0.15, 0.2) is 30.9 Å². The molecule has 104 valence electrons. The molecule has 0 saturated heterocycles. The number of rotatable bonds is 5. The molecule has 0 saturated carbocycles. The van der Waals surface area contributed by atoms with Crippen molar-refractivity contribution in [3.63, 3.8) is 0 Å².